The summed E-state index contributed by atoms with van der Waals surface area (Å²) in [6, 6.07) is 29.0. The van der Waals surface area contributed by atoms with Crippen LogP contribution in [0.15, 0.2) is 91.0 Å². The minimum atomic E-state index is 0.794. The van der Waals surface area contributed by atoms with Crippen molar-refractivity contribution in [3.8, 4) is 11.5 Å². The van der Waals surface area contributed by atoms with E-state index in [1.54, 1.807) is 0 Å². The highest BCUT2D eigenvalue weighted by Crippen LogP contribution is 2.19. The molecule has 0 unspecified atom stereocenters. The Balaban J connectivity index is 0.000000178. The molecule has 0 saturated heterocycles. The Hall–Kier alpha value is -2.25. The minimum Gasteiger partial charge on any atom is -0.457 e. The topological polar surface area (TPSA) is 9.23 Å². The summed E-state index contributed by atoms with van der Waals surface area (Å²) >= 11 is 5.54. The fourth-order valence-corrected chi connectivity index (χ4v) is 1.67. The molecule has 0 aromatic heterocycles. The highest BCUT2D eigenvalue weighted by molar-refractivity contribution is 6.30. The molecule has 0 atom stereocenters. The fraction of sp³-hybridized carbons (Fsp3) is 0. The summed E-state index contributed by atoms with van der Waals surface area (Å²) in [5, 5.41) is 0.794. The highest BCUT2D eigenvalue weighted by Gasteiger charge is 1.92. The van der Waals surface area contributed by atoms with Gasteiger partial charge in [0.15, 0.2) is 0 Å². The van der Waals surface area contributed by atoms with E-state index in [1.807, 2.05) is 91.0 Å². The average Bonchev–Trinajstić information content (AvgIpc) is 2.51. The third-order valence-electron chi connectivity index (χ3n) is 2.46. The molecular weight excluding hydrogens is 268 g/mol. The molecule has 3 aromatic carbocycles. The van der Waals surface area contributed by atoms with Gasteiger partial charge in [-0.3, -0.25) is 0 Å². The van der Waals surface area contributed by atoms with Crippen molar-refractivity contribution in [2.45, 2.75) is 0 Å². The quantitative estimate of drug-likeness (QED) is 0.575. The molecule has 0 fully saturated rings. The molecule has 100 valence electrons. The van der Waals surface area contributed by atoms with Gasteiger partial charge in [0.05, 0.1) is 0 Å². The van der Waals surface area contributed by atoms with Crippen LogP contribution in [-0.4, -0.2) is 0 Å². The van der Waals surface area contributed by atoms with Gasteiger partial charge in [0.1, 0.15) is 11.5 Å². The van der Waals surface area contributed by atoms with Crippen molar-refractivity contribution in [3.05, 3.63) is 96.0 Å². The number of para-hydroxylation sites is 2. The van der Waals surface area contributed by atoms with Gasteiger partial charge in [-0.2, -0.15) is 0 Å². The molecule has 0 aliphatic rings. The first-order valence-corrected chi connectivity index (χ1v) is 6.71. The maximum Gasteiger partial charge on any atom is 0.127 e. The first-order chi connectivity index (χ1) is 9.84. The summed E-state index contributed by atoms with van der Waals surface area (Å²) in [7, 11) is 0. The molecule has 0 aliphatic carbocycles. The Morgan fingerprint density at radius 2 is 0.850 bits per heavy atom. The third kappa shape index (κ3) is 5.17. The summed E-state index contributed by atoms with van der Waals surface area (Å²) in [5.41, 5.74) is 0. The first kappa shape index (κ1) is 14.2. The van der Waals surface area contributed by atoms with Gasteiger partial charge in [-0.1, -0.05) is 66.2 Å². The van der Waals surface area contributed by atoms with Gasteiger partial charge < -0.3 is 4.74 Å². The molecule has 0 amide bonds. The summed E-state index contributed by atoms with van der Waals surface area (Å²) < 4.78 is 5.58. The number of rotatable bonds is 2. The SMILES string of the molecule is Clc1ccccc1.c1ccc(Oc2ccccc2)cc1. The van der Waals surface area contributed by atoms with Gasteiger partial charge in [-0.25, -0.2) is 0 Å². The lowest BCUT2D eigenvalue weighted by molar-refractivity contribution is 0.482. The second-order valence-electron chi connectivity index (χ2n) is 4.02. The van der Waals surface area contributed by atoms with E-state index < -0.39 is 0 Å². The number of benzene rings is 3. The predicted molar refractivity (Wildman–Crippen MR) is 84.4 cm³/mol. The Morgan fingerprint density at radius 1 is 0.500 bits per heavy atom. The molecule has 0 radical (unpaired) electrons. The zero-order chi connectivity index (χ0) is 14.0. The Kier molecular flexibility index (Phi) is 5.69. The van der Waals surface area contributed by atoms with E-state index in [0.29, 0.717) is 0 Å². The van der Waals surface area contributed by atoms with Gasteiger partial charge >= 0.3 is 0 Å². The van der Waals surface area contributed by atoms with Gasteiger partial charge in [-0.05, 0) is 36.4 Å². The van der Waals surface area contributed by atoms with E-state index in [0.717, 1.165) is 16.5 Å². The number of hydrogen-bond acceptors (Lipinski definition) is 1. The van der Waals surface area contributed by atoms with E-state index >= 15 is 0 Å². The van der Waals surface area contributed by atoms with E-state index in [1.165, 1.54) is 0 Å². The third-order valence-corrected chi connectivity index (χ3v) is 2.71. The van der Waals surface area contributed by atoms with Crippen molar-refractivity contribution >= 4 is 11.6 Å². The Labute approximate surface area is 124 Å². The van der Waals surface area contributed by atoms with Gasteiger partial charge in [-0.15, -0.1) is 0 Å². The smallest absolute Gasteiger partial charge is 0.127 e. The van der Waals surface area contributed by atoms with Crippen LogP contribution in [0.3, 0.4) is 0 Å². The second-order valence-corrected chi connectivity index (χ2v) is 4.46. The molecule has 3 aromatic rings. The standard InChI is InChI=1S/C12H10O.C6H5Cl/c1-3-7-11(8-4-1)13-12-9-5-2-6-10-12;7-6-4-2-1-3-5-6/h1-10H;1-5H. The molecule has 1 nitrogen and oxygen atoms in total. The van der Waals surface area contributed by atoms with Crippen LogP contribution < -0.4 is 4.74 Å². The molecule has 0 bridgehead atoms. The van der Waals surface area contributed by atoms with E-state index in [-0.39, 0.29) is 0 Å². The minimum absolute atomic E-state index is 0.794. The monoisotopic (exact) mass is 282 g/mol. The van der Waals surface area contributed by atoms with E-state index in [2.05, 4.69) is 0 Å². The van der Waals surface area contributed by atoms with Crippen LogP contribution in [0.5, 0.6) is 11.5 Å². The normalized spacial score (nSPS) is 9.25. The molecular formula is C18H15ClO. The Morgan fingerprint density at radius 3 is 1.15 bits per heavy atom. The van der Waals surface area contributed by atoms with Crippen LogP contribution in [0.4, 0.5) is 0 Å². The van der Waals surface area contributed by atoms with Crippen LogP contribution in [0.2, 0.25) is 5.02 Å². The zero-order valence-corrected chi connectivity index (χ0v) is 11.7. The first-order valence-electron chi connectivity index (χ1n) is 6.33. The summed E-state index contributed by atoms with van der Waals surface area (Å²) in [6.07, 6.45) is 0. The molecule has 0 aliphatic heterocycles. The van der Waals surface area contributed by atoms with Gasteiger partial charge in [0.25, 0.3) is 0 Å². The lowest BCUT2D eigenvalue weighted by atomic mass is 10.3. The molecule has 0 N–H and O–H groups in total. The summed E-state index contributed by atoms with van der Waals surface area (Å²) in [6.45, 7) is 0. The highest BCUT2D eigenvalue weighted by atomic mass is 35.5. The maximum atomic E-state index is 5.58. The molecule has 0 spiro atoms. The Bertz CT molecular complexity index is 557. The summed E-state index contributed by atoms with van der Waals surface area (Å²) in [5.74, 6) is 1.74. The van der Waals surface area contributed by atoms with Crippen LogP contribution in [-0.2, 0) is 0 Å². The largest absolute Gasteiger partial charge is 0.457 e. The second kappa shape index (κ2) is 8.03. The van der Waals surface area contributed by atoms with Crippen molar-refractivity contribution < 1.29 is 4.74 Å². The molecule has 2 heteroatoms. The van der Waals surface area contributed by atoms with Crippen molar-refractivity contribution in [2.75, 3.05) is 0 Å². The van der Waals surface area contributed by atoms with Crippen molar-refractivity contribution in [3.63, 3.8) is 0 Å². The maximum absolute atomic E-state index is 5.58. The summed E-state index contributed by atoms with van der Waals surface area (Å²) in [4.78, 5) is 0. The molecule has 0 saturated carbocycles. The lowest BCUT2D eigenvalue weighted by Crippen LogP contribution is -1.81. The van der Waals surface area contributed by atoms with Crippen molar-refractivity contribution in [1.82, 2.24) is 0 Å². The van der Waals surface area contributed by atoms with Gasteiger partial charge in [0.2, 0.25) is 0 Å². The predicted octanol–water partition coefficient (Wildman–Crippen LogP) is 5.82. The van der Waals surface area contributed by atoms with Crippen molar-refractivity contribution in [1.29, 1.82) is 0 Å². The van der Waals surface area contributed by atoms with Crippen LogP contribution in [0.25, 0.3) is 0 Å². The van der Waals surface area contributed by atoms with E-state index in [9.17, 15) is 0 Å². The number of halogens is 1. The van der Waals surface area contributed by atoms with Crippen molar-refractivity contribution in [2.24, 2.45) is 0 Å². The molecule has 0 heterocycles. The number of ether oxygens (including phenoxy) is 1. The number of hydrogen-bond donors (Lipinski definition) is 0. The lowest BCUT2D eigenvalue weighted by Gasteiger charge is -2.03. The van der Waals surface area contributed by atoms with Gasteiger partial charge in [0, 0.05) is 5.02 Å². The van der Waals surface area contributed by atoms with Crippen LogP contribution >= 0.6 is 11.6 Å². The zero-order valence-electron chi connectivity index (χ0n) is 10.9. The molecule has 3 rings (SSSR count). The molecule has 20 heavy (non-hydrogen) atoms. The average molecular weight is 283 g/mol. The van der Waals surface area contributed by atoms with Crippen LogP contribution in [0, 0.1) is 0 Å². The fourth-order valence-electron chi connectivity index (χ4n) is 1.53. The van der Waals surface area contributed by atoms with E-state index in [4.69, 9.17) is 16.3 Å². The van der Waals surface area contributed by atoms with Crippen LogP contribution in [0.1, 0.15) is 0 Å².